The summed E-state index contributed by atoms with van der Waals surface area (Å²) in [7, 11) is 0. The highest BCUT2D eigenvalue weighted by Crippen LogP contribution is 2.45. The van der Waals surface area contributed by atoms with Gasteiger partial charge in [0.25, 0.3) is 0 Å². The van der Waals surface area contributed by atoms with Crippen molar-refractivity contribution >= 4 is 11.3 Å². The number of rotatable bonds is 6. The maximum atomic E-state index is 6.15. The average molecular weight is 400 g/mol. The summed E-state index contributed by atoms with van der Waals surface area (Å²) in [5, 5.41) is 0. The molecular weight excluding hydrogens is 370 g/mol. The van der Waals surface area contributed by atoms with E-state index in [-0.39, 0.29) is 0 Å². The third kappa shape index (κ3) is 3.83. The number of aromatic nitrogens is 1. The molecule has 2 fully saturated rings. The first-order valence-corrected chi connectivity index (χ1v) is 11.5. The van der Waals surface area contributed by atoms with Crippen molar-refractivity contribution in [1.82, 2.24) is 14.8 Å². The fraction of sp³-hybridized carbons (Fsp3) is 0.591. The Bertz CT molecular complexity index is 776. The van der Waals surface area contributed by atoms with Gasteiger partial charge in [0.05, 0.1) is 25.3 Å². The van der Waals surface area contributed by atoms with Crippen molar-refractivity contribution < 1.29 is 9.47 Å². The molecule has 0 spiro atoms. The zero-order valence-electron chi connectivity index (χ0n) is 16.4. The van der Waals surface area contributed by atoms with Gasteiger partial charge >= 0.3 is 0 Å². The molecule has 0 amide bonds. The number of benzene rings is 1. The molecule has 2 aromatic rings. The summed E-state index contributed by atoms with van der Waals surface area (Å²) >= 11 is 1.78. The van der Waals surface area contributed by atoms with Gasteiger partial charge in [-0.15, -0.1) is 11.3 Å². The van der Waals surface area contributed by atoms with Gasteiger partial charge in [0.15, 0.2) is 0 Å². The maximum absolute atomic E-state index is 6.15. The van der Waals surface area contributed by atoms with E-state index in [0.717, 1.165) is 58.2 Å². The number of hydrogen-bond donors (Lipinski definition) is 0. The van der Waals surface area contributed by atoms with Crippen LogP contribution in [-0.4, -0.2) is 67.3 Å². The normalized spacial score (nSPS) is 25.4. The van der Waals surface area contributed by atoms with E-state index in [2.05, 4.69) is 33.0 Å². The molecule has 0 saturated carbocycles. The highest BCUT2D eigenvalue weighted by molar-refractivity contribution is 7.09. The van der Waals surface area contributed by atoms with Crippen LogP contribution in [0, 0.1) is 0 Å². The second-order valence-electron chi connectivity index (χ2n) is 8.06. The highest BCUT2D eigenvalue weighted by Gasteiger charge is 2.37. The van der Waals surface area contributed by atoms with Crippen LogP contribution in [0.4, 0.5) is 0 Å². The standard InChI is InChI=1S/C22H29N3O2S/c1-3-21-19-13-17(27-10-2-6-24-8-11-26-12-9-24)4-5-18(19)20(15-25(21)7-1)22-14-23-16-28-22/h4-5,13-14,16,20-21H,1-3,6-12,15H2/t20-,21+/m1/s1. The van der Waals surface area contributed by atoms with Crippen molar-refractivity contribution in [2.24, 2.45) is 0 Å². The largest absolute Gasteiger partial charge is 0.494 e. The number of hydrogen-bond acceptors (Lipinski definition) is 6. The van der Waals surface area contributed by atoms with Gasteiger partial charge in [-0.25, -0.2) is 0 Å². The molecule has 3 aliphatic rings. The van der Waals surface area contributed by atoms with E-state index in [9.17, 15) is 0 Å². The predicted octanol–water partition coefficient (Wildman–Crippen LogP) is 3.53. The van der Waals surface area contributed by atoms with E-state index in [1.165, 1.54) is 35.4 Å². The highest BCUT2D eigenvalue weighted by atomic mass is 32.1. The smallest absolute Gasteiger partial charge is 0.119 e. The van der Waals surface area contributed by atoms with Crippen LogP contribution in [0.2, 0.25) is 0 Å². The van der Waals surface area contributed by atoms with E-state index >= 15 is 0 Å². The first kappa shape index (κ1) is 18.6. The van der Waals surface area contributed by atoms with Crippen LogP contribution in [0.25, 0.3) is 0 Å². The lowest BCUT2D eigenvalue weighted by atomic mass is 9.84. The molecule has 2 saturated heterocycles. The Balaban J connectivity index is 1.27. The second kappa shape index (κ2) is 8.49. The summed E-state index contributed by atoms with van der Waals surface area (Å²) < 4.78 is 11.6. The van der Waals surface area contributed by atoms with E-state index in [1.54, 1.807) is 11.3 Å². The molecule has 0 radical (unpaired) electrons. The van der Waals surface area contributed by atoms with E-state index < -0.39 is 0 Å². The Morgan fingerprint density at radius 2 is 2.11 bits per heavy atom. The van der Waals surface area contributed by atoms with Crippen LogP contribution < -0.4 is 4.74 Å². The fourth-order valence-electron chi connectivity index (χ4n) is 4.92. The predicted molar refractivity (Wildman–Crippen MR) is 111 cm³/mol. The lowest BCUT2D eigenvalue weighted by Gasteiger charge is -2.37. The van der Waals surface area contributed by atoms with E-state index in [1.807, 2.05) is 11.7 Å². The molecule has 150 valence electrons. The van der Waals surface area contributed by atoms with Crippen LogP contribution >= 0.6 is 11.3 Å². The summed E-state index contributed by atoms with van der Waals surface area (Å²) in [6.45, 7) is 8.05. The Morgan fingerprint density at radius 3 is 2.96 bits per heavy atom. The van der Waals surface area contributed by atoms with Crippen molar-refractivity contribution in [1.29, 1.82) is 0 Å². The quantitative estimate of drug-likeness (QED) is 0.695. The summed E-state index contributed by atoms with van der Waals surface area (Å²) in [5.41, 5.74) is 4.91. The summed E-state index contributed by atoms with van der Waals surface area (Å²) in [4.78, 5) is 10.8. The molecule has 3 aliphatic heterocycles. The molecule has 4 heterocycles. The lowest BCUT2D eigenvalue weighted by molar-refractivity contribution is 0.0358. The van der Waals surface area contributed by atoms with Crippen molar-refractivity contribution in [3.05, 3.63) is 45.9 Å². The van der Waals surface area contributed by atoms with Gasteiger partial charge < -0.3 is 9.47 Å². The van der Waals surface area contributed by atoms with Crippen molar-refractivity contribution in [3.63, 3.8) is 0 Å². The minimum atomic E-state index is 0.451. The van der Waals surface area contributed by atoms with Crippen molar-refractivity contribution in [2.45, 2.75) is 31.2 Å². The molecule has 1 aromatic carbocycles. The first-order valence-electron chi connectivity index (χ1n) is 10.6. The molecule has 1 aromatic heterocycles. The molecule has 2 atom stereocenters. The summed E-state index contributed by atoms with van der Waals surface area (Å²) in [6, 6.07) is 7.37. The monoisotopic (exact) mass is 399 g/mol. The van der Waals surface area contributed by atoms with Gasteiger partial charge in [0, 0.05) is 49.2 Å². The molecule has 28 heavy (non-hydrogen) atoms. The Hall–Kier alpha value is -1.47. The minimum Gasteiger partial charge on any atom is -0.494 e. The lowest BCUT2D eigenvalue weighted by Crippen LogP contribution is -2.37. The maximum Gasteiger partial charge on any atom is 0.119 e. The topological polar surface area (TPSA) is 37.8 Å². The fourth-order valence-corrected chi connectivity index (χ4v) is 5.65. The molecule has 6 heteroatoms. The van der Waals surface area contributed by atoms with Crippen molar-refractivity contribution in [3.8, 4) is 5.75 Å². The number of fused-ring (bicyclic) bond motifs is 3. The van der Waals surface area contributed by atoms with Gasteiger partial charge in [-0.1, -0.05) is 6.07 Å². The van der Waals surface area contributed by atoms with Gasteiger partial charge in [0.1, 0.15) is 5.75 Å². The molecule has 0 unspecified atom stereocenters. The van der Waals surface area contributed by atoms with E-state index in [4.69, 9.17) is 9.47 Å². The Kier molecular flexibility index (Phi) is 5.63. The third-order valence-electron chi connectivity index (χ3n) is 6.36. The molecule has 5 nitrogen and oxygen atoms in total. The minimum absolute atomic E-state index is 0.451. The first-order chi connectivity index (χ1) is 13.9. The van der Waals surface area contributed by atoms with Gasteiger partial charge in [0.2, 0.25) is 0 Å². The summed E-state index contributed by atoms with van der Waals surface area (Å²) in [6.07, 6.45) is 5.68. The number of thiazole rings is 1. The molecular formula is C22H29N3O2S. The van der Waals surface area contributed by atoms with Gasteiger partial charge in [-0.05, 0) is 49.1 Å². The number of ether oxygens (including phenoxy) is 2. The zero-order valence-corrected chi connectivity index (χ0v) is 17.2. The number of nitrogens with zero attached hydrogens (tertiary/aromatic N) is 3. The van der Waals surface area contributed by atoms with Gasteiger partial charge in [-0.3, -0.25) is 14.8 Å². The van der Waals surface area contributed by atoms with E-state index in [0.29, 0.717) is 12.0 Å². The summed E-state index contributed by atoms with van der Waals surface area (Å²) in [5.74, 6) is 1.48. The molecule has 0 bridgehead atoms. The van der Waals surface area contributed by atoms with Crippen LogP contribution in [0.1, 0.15) is 47.2 Å². The Labute approximate surface area is 171 Å². The Morgan fingerprint density at radius 1 is 1.18 bits per heavy atom. The third-order valence-corrected chi connectivity index (χ3v) is 7.25. The zero-order chi connectivity index (χ0) is 18.8. The van der Waals surface area contributed by atoms with Crippen LogP contribution in [-0.2, 0) is 4.74 Å². The van der Waals surface area contributed by atoms with Crippen LogP contribution in [0.15, 0.2) is 29.9 Å². The average Bonchev–Trinajstić information content (AvgIpc) is 3.43. The van der Waals surface area contributed by atoms with Crippen LogP contribution in [0.3, 0.4) is 0 Å². The SMILES string of the molecule is c1ncc([C@@H]2CN3CCC[C@H]3c3cc(OCCCN4CCOCC4)ccc32)s1. The van der Waals surface area contributed by atoms with Crippen LogP contribution in [0.5, 0.6) is 5.75 Å². The second-order valence-corrected chi connectivity index (χ2v) is 8.97. The van der Waals surface area contributed by atoms with Crippen molar-refractivity contribution in [2.75, 3.05) is 52.5 Å². The molecule has 5 rings (SSSR count). The molecule has 0 aliphatic carbocycles. The van der Waals surface area contributed by atoms with Gasteiger partial charge in [-0.2, -0.15) is 0 Å². The molecule has 0 N–H and O–H groups in total. The number of morpholine rings is 1.